The number of imide groups is 1. The lowest BCUT2D eigenvalue weighted by Crippen LogP contribution is -2.31. The Labute approximate surface area is 170 Å². The van der Waals surface area contributed by atoms with E-state index in [1.165, 1.54) is 4.90 Å². The lowest BCUT2D eigenvalue weighted by molar-refractivity contribution is -0.122. The third kappa shape index (κ3) is 3.37. The number of hydrogen-bond donors (Lipinski definition) is 1. The van der Waals surface area contributed by atoms with Crippen LogP contribution in [0.3, 0.4) is 0 Å². The first kappa shape index (κ1) is 19.1. The van der Waals surface area contributed by atoms with Gasteiger partial charge in [0.15, 0.2) is 0 Å². The molecule has 0 radical (unpaired) electrons. The van der Waals surface area contributed by atoms with E-state index in [1.807, 2.05) is 50.3 Å². The molecule has 148 valence electrons. The minimum absolute atomic E-state index is 0.0545. The molecular weight excluding hydrogens is 364 g/mol. The maximum atomic E-state index is 12.9. The molecule has 1 aliphatic heterocycles. The van der Waals surface area contributed by atoms with Crippen LogP contribution < -0.4 is 10.2 Å². The number of allylic oxidation sites excluding steroid dienone is 2. The number of hydrogen-bond acceptors (Lipinski definition) is 3. The highest BCUT2D eigenvalue weighted by molar-refractivity contribution is 6.22. The number of nitrogens with zero attached hydrogens (tertiary/aromatic N) is 1. The summed E-state index contributed by atoms with van der Waals surface area (Å²) >= 11 is 0. The van der Waals surface area contributed by atoms with E-state index in [9.17, 15) is 14.4 Å². The summed E-state index contributed by atoms with van der Waals surface area (Å²) in [4.78, 5) is 39.6. The van der Waals surface area contributed by atoms with Crippen molar-refractivity contribution >= 4 is 29.1 Å². The van der Waals surface area contributed by atoms with Crippen molar-refractivity contribution in [2.24, 2.45) is 17.8 Å². The maximum absolute atomic E-state index is 12.9. The van der Waals surface area contributed by atoms with Crippen molar-refractivity contribution in [2.75, 3.05) is 10.2 Å². The van der Waals surface area contributed by atoms with Crippen molar-refractivity contribution in [3.05, 3.63) is 71.8 Å². The van der Waals surface area contributed by atoms with Crippen LogP contribution in [0.25, 0.3) is 0 Å². The van der Waals surface area contributed by atoms with Gasteiger partial charge in [0.05, 0.1) is 17.5 Å². The van der Waals surface area contributed by atoms with Gasteiger partial charge in [0.1, 0.15) is 0 Å². The van der Waals surface area contributed by atoms with Crippen molar-refractivity contribution in [1.82, 2.24) is 0 Å². The molecule has 4 rings (SSSR count). The number of aryl methyl sites for hydroxylation is 1. The lowest BCUT2D eigenvalue weighted by atomic mass is 9.78. The van der Waals surface area contributed by atoms with E-state index in [4.69, 9.17) is 0 Å². The Morgan fingerprint density at radius 3 is 2.48 bits per heavy atom. The Balaban J connectivity index is 1.53. The Kier molecular flexibility index (Phi) is 5.05. The van der Waals surface area contributed by atoms with Gasteiger partial charge in [-0.1, -0.05) is 44.2 Å². The van der Waals surface area contributed by atoms with Crippen molar-refractivity contribution in [2.45, 2.75) is 26.7 Å². The van der Waals surface area contributed by atoms with Gasteiger partial charge in [0.25, 0.3) is 5.91 Å². The quantitative estimate of drug-likeness (QED) is 0.630. The summed E-state index contributed by atoms with van der Waals surface area (Å²) in [6.45, 7) is 4.02. The molecule has 1 saturated heterocycles. The Bertz CT molecular complexity index is 993. The molecule has 2 aromatic carbocycles. The second kappa shape index (κ2) is 7.66. The molecule has 5 heteroatoms. The van der Waals surface area contributed by atoms with Gasteiger partial charge in [0, 0.05) is 11.3 Å². The average Bonchev–Trinajstić information content (AvgIpc) is 3.00. The lowest BCUT2D eigenvalue weighted by Gasteiger charge is -2.22. The highest BCUT2D eigenvalue weighted by Crippen LogP contribution is 2.40. The van der Waals surface area contributed by atoms with Crippen LogP contribution in [0.2, 0.25) is 0 Å². The Morgan fingerprint density at radius 1 is 1.07 bits per heavy atom. The van der Waals surface area contributed by atoms with Crippen LogP contribution in [0.4, 0.5) is 11.4 Å². The van der Waals surface area contributed by atoms with E-state index in [-0.39, 0.29) is 35.5 Å². The molecular formula is C24H24N2O3. The number of carbonyl (C=O) groups is 3. The molecule has 2 aromatic rings. The second-order valence-electron chi connectivity index (χ2n) is 7.68. The van der Waals surface area contributed by atoms with E-state index in [1.54, 1.807) is 24.3 Å². The smallest absolute Gasteiger partial charge is 0.255 e. The van der Waals surface area contributed by atoms with Gasteiger partial charge < -0.3 is 5.32 Å². The summed E-state index contributed by atoms with van der Waals surface area (Å²) in [6.07, 6.45) is 5.43. The predicted molar refractivity (Wildman–Crippen MR) is 113 cm³/mol. The van der Waals surface area contributed by atoms with Crippen LogP contribution in [0.15, 0.2) is 60.7 Å². The second-order valence-corrected chi connectivity index (χ2v) is 7.68. The number of fused-ring (bicyclic) bond motifs is 1. The van der Waals surface area contributed by atoms with Crippen LogP contribution in [0, 0.1) is 17.8 Å². The molecule has 0 bridgehead atoms. The molecule has 1 N–H and O–H groups in total. The zero-order valence-electron chi connectivity index (χ0n) is 16.6. The minimum Gasteiger partial charge on any atom is -0.322 e. The summed E-state index contributed by atoms with van der Waals surface area (Å²) < 4.78 is 0. The summed E-state index contributed by atoms with van der Waals surface area (Å²) in [5.74, 6) is -1.03. The van der Waals surface area contributed by atoms with Gasteiger partial charge in [-0.15, -0.1) is 0 Å². The number of para-hydroxylation sites is 1. The molecule has 1 heterocycles. The number of carbonyl (C=O) groups excluding carboxylic acids is 3. The fourth-order valence-electron chi connectivity index (χ4n) is 4.31. The fraction of sp³-hybridized carbons (Fsp3) is 0.292. The third-order valence-corrected chi connectivity index (χ3v) is 5.91. The first-order valence-corrected chi connectivity index (χ1v) is 10.0. The Hall–Kier alpha value is -3.21. The maximum Gasteiger partial charge on any atom is 0.255 e. The number of rotatable bonds is 4. The molecule has 29 heavy (non-hydrogen) atoms. The summed E-state index contributed by atoms with van der Waals surface area (Å²) in [5, 5.41) is 2.94. The van der Waals surface area contributed by atoms with Crippen molar-refractivity contribution in [3.8, 4) is 0 Å². The van der Waals surface area contributed by atoms with E-state index in [2.05, 4.69) is 5.32 Å². The minimum atomic E-state index is -0.291. The molecule has 0 aromatic heterocycles. The molecule has 5 nitrogen and oxygen atoms in total. The van der Waals surface area contributed by atoms with Gasteiger partial charge in [0.2, 0.25) is 11.8 Å². The van der Waals surface area contributed by atoms with Crippen LogP contribution in [-0.4, -0.2) is 17.7 Å². The van der Waals surface area contributed by atoms with E-state index in [0.717, 1.165) is 17.7 Å². The molecule has 3 amide bonds. The van der Waals surface area contributed by atoms with E-state index >= 15 is 0 Å². The molecule has 3 atom stereocenters. The molecule has 0 saturated carbocycles. The Morgan fingerprint density at radius 2 is 1.79 bits per heavy atom. The van der Waals surface area contributed by atoms with Crippen molar-refractivity contribution in [3.63, 3.8) is 0 Å². The molecule has 0 spiro atoms. The van der Waals surface area contributed by atoms with Crippen LogP contribution in [0.5, 0.6) is 0 Å². The standard InChI is InChI=1S/C24H24N2O3/c1-3-16-8-4-5-10-20(16)25-22(27)17-11-13-18(14-12-17)26-23(28)19-9-6-7-15(2)21(19)24(26)29/h4-8,10-15,19,21H,3,9H2,1-2H3,(H,25,27)/t15-,19+,21+/m0/s1. The van der Waals surface area contributed by atoms with Crippen LogP contribution in [-0.2, 0) is 16.0 Å². The van der Waals surface area contributed by atoms with E-state index < -0.39 is 0 Å². The average molecular weight is 388 g/mol. The molecule has 0 unspecified atom stereocenters. The largest absolute Gasteiger partial charge is 0.322 e. The first-order chi connectivity index (χ1) is 14.0. The van der Waals surface area contributed by atoms with E-state index in [0.29, 0.717) is 17.7 Å². The van der Waals surface area contributed by atoms with Crippen molar-refractivity contribution in [1.29, 1.82) is 0 Å². The normalized spacial score (nSPS) is 23.2. The number of nitrogens with one attached hydrogen (secondary N) is 1. The van der Waals surface area contributed by atoms with Gasteiger partial charge in [-0.25, -0.2) is 0 Å². The first-order valence-electron chi connectivity index (χ1n) is 10.0. The SMILES string of the molecule is CCc1ccccc1NC(=O)c1ccc(N2C(=O)[C@@H]3[C@@H](C)C=CC[C@H]3C2=O)cc1. The predicted octanol–water partition coefficient (Wildman–Crippen LogP) is 4.20. The van der Waals surface area contributed by atoms with Gasteiger partial charge in [-0.2, -0.15) is 0 Å². The molecule has 2 aliphatic rings. The van der Waals surface area contributed by atoms with Gasteiger partial charge in [-0.3, -0.25) is 19.3 Å². The summed E-state index contributed by atoms with van der Waals surface area (Å²) in [7, 11) is 0. The molecule has 1 fully saturated rings. The summed E-state index contributed by atoms with van der Waals surface area (Å²) in [6, 6.07) is 14.4. The third-order valence-electron chi connectivity index (χ3n) is 5.91. The molecule has 1 aliphatic carbocycles. The van der Waals surface area contributed by atoms with Gasteiger partial charge in [-0.05, 0) is 54.7 Å². The highest BCUT2D eigenvalue weighted by Gasteiger charge is 2.50. The van der Waals surface area contributed by atoms with Crippen LogP contribution in [0.1, 0.15) is 36.2 Å². The number of anilines is 2. The topological polar surface area (TPSA) is 66.5 Å². The zero-order chi connectivity index (χ0) is 20.5. The van der Waals surface area contributed by atoms with Gasteiger partial charge >= 0.3 is 0 Å². The fourth-order valence-corrected chi connectivity index (χ4v) is 4.31. The summed E-state index contributed by atoms with van der Waals surface area (Å²) in [5.41, 5.74) is 2.86. The number of benzene rings is 2. The van der Waals surface area contributed by atoms with Crippen molar-refractivity contribution < 1.29 is 14.4 Å². The monoisotopic (exact) mass is 388 g/mol. The number of amides is 3. The van der Waals surface area contributed by atoms with Crippen LogP contribution >= 0.6 is 0 Å². The zero-order valence-corrected chi connectivity index (χ0v) is 16.6. The highest BCUT2D eigenvalue weighted by atomic mass is 16.2.